The van der Waals surface area contributed by atoms with E-state index in [2.05, 4.69) is 15.5 Å². The molecule has 34 heavy (non-hydrogen) atoms. The molecular formula is C24H25FN6O2S. The fraction of sp³-hybridized carbons (Fsp3) is 0.333. The lowest BCUT2D eigenvalue weighted by Crippen LogP contribution is -2.52. The van der Waals surface area contributed by atoms with Gasteiger partial charge in [-0.15, -0.1) is 10.2 Å². The van der Waals surface area contributed by atoms with Crippen molar-refractivity contribution in [1.82, 2.24) is 24.6 Å². The average Bonchev–Trinajstić information content (AvgIpc) is 3.62. The van der Waals surface area contributed by atoms with Crippen molar-refractivity contribution >= 4 is 29.4 Å². The van der Waals surface area contributed by atoms with Crippen molar-refractivity contribution in [1.29, 1.82) is 0 Å². The van der Waals surface area contributed by atoms with E-state index in [1.54, 1.807) is 28.0 Å². The Bertz CT molecular complexity index is 1180. The average molecular weight is 481 g/mol. The van der Waals surface area contributed by atoms with Gasteiger partial charge in [0.25, 0.3) is 0 Å². The van der Waals surface area contributed by atoms with Crippen LogP contribution >= 0.6 is 11.8 Å². The topological polar surface area (TPSA) is 83.4 Å². The number of piperazine rings is 1. The number of carbonyl (C=O) groups excluding carboxylic acids is 2. The molecule has 0 unspecified atom stereocenters. The van der Waals surface area contributed by atoms with E-state index < -0.39 is 0 Å². The van der Waals surface area contributed by atoms with Crippen molar-refractivity contribution in [2.45, 2.75) is 24.0 Å². The van der Waals surface area contributed by atoms with Crippen LogP contribution in [0.2, 0.25) is 0 Å². The molecule has 0 spiro atoms. The fourth-order valence-electron chi connectivity index (χ4n) is 3.96. The molecule has 1 N–H and O–H groups in total. The molecule has 5 rings (SSSR count). The number of nitrogens with one attached hydrogen (secondary N) is 1. The van der Waals surface area contributed by atoms with Crippen LogP contribution in [-0.4, -0.2) is 68.4 Å². The summed E-state index contributed by atoms with van der Waals surface area (Å²) in [5, 5.41) is 12.0. The number of nitrogens with zero attached hydrogens (tertiary/aromatic N) is 5. The van der Waals surface area contributed by atoms with E-state index in [4.69, 9.17) is 0 Å². The first-order valence-electron chi connectivity index (χ1n) is 11.3. The summed E-state index contributed by atoms with van der Waals surface area (Å²) in [6, 6.07) is 15.9. The molecule has 0 bridgehead atoms. The van der Waals surface area contributed by atoms with Crippen LogP contribution in [0, 0.1) is 5.82 Å². The molecule has 3 amide bonds. The highest BCUT2D eigenvalue weighted by molar-refractivity contribution is 7.99. The minimum atomic E-state index is -0.335. The van der Waals surface area contributed by atoms with Crippen molar-refractivity contribution in [3.63, 3.8) is 0 Å². The van der Waals surface area contributed by atoms with Gasteiger partial charge in [-0.25, -0.2) is 9.18 Å². The molecule has 0 radical (unpaired) electrons. The first-order chi connectivity index (χ1) is 16.6. The third-order valence-corrected chi connectivity index (χ3v) is 6.89. The summed E-state index contributed by atoms with van der Waals surface area (Å²) in [5.41, 5.74) is 1.17. The smallest absolute Gasteiger partial charge is 0.321 e. The first-order valence-corrected chi connectivity index (χ1v) is 12.3. The SMILES string of the molecule is O=C(CSc1nnc(-c2ccccc2F)n1C1CC1)N1CCN(C(=O)Nc2ccccc2)CC1. The molecule has 1 aliphatic heterocycles. The Morgan fingerprint density at radius 1 is 0.941 bits per heavy atom. The van der Waals surface area contributed by atoms with E-state index in [0.717, 1.165) is 18.5 Å². The largest absolute Gasteiger partial charge is 0.338 e. The number of hydrogen-bond donors (Lipinski definition) is 1. The zero-order valence-corrected chi connectivity index (χ0v) is 19.4. The molecule has 0 atom stereocenters. The van der Waals surface area contributed by atoms with Gasteiger partial charge in [-0.2, -0.15) is 0 Å². The number of para-hydroxylation sites is 1. The van der Waals surface area contributed by atoms with E-state index in [0.29, 0.717) is 42.7 Å². The summed E-state index contributed by atoms with van der Waals surface area (Å²) in [6.45, 7) is 1.92. The lowest BCUT2D eigenvalue weighted by molar-refractivity contribution is -0.129. The molecule has 8 nitrogen and oxygen atoms in total. The summed E-state index contributed by atoms with van der Waals surface area (Å²) in [5.74, 6) is 0.385. The predicted molar refractivity (Wildman–Crippen MR) is 128 cm³/mol. The van der Waals surface area contributed by atoms with Gasteiger partial charge in [0.2, 0.25) is 5.91 Å². The van der Waals surface area contributed by atoms with Crippen LogP contribution in [0.4, 0.5) is 14.9 Å². The molecule has 2 aliphatic rings. The Morgan fingerprint density at radius 3 is 2.32 bits per heavy atom. The molecule has 1 aliphatic carbocycles. The summed E-state index contributed by atoms with van der Waals surface area (Å²) < 4.78 is 16.3. The zero-order valence-electron chi connectivity index (χ0n) is 18.6. The van der Waals surface area contributed by atoms with Gasteiger partial charge in [-0.1, -0.05) is 42.1 Å². The van der Waals surface area contributed by atoms with Crippen LogP contribution in [-0.2, 0) is 4.79 Å². The lowest BCUT2D eigenvalue weighted by atomic mass is 10.2. The molecule has 3 aromatic rings. The number of thioether (sulfide) groups is 1. The first kappa shape index (κ1) is 22.4. The Morgan fingerprint density at radius 2 is 1.62 bits per heavy atom. The number of benzene rings is 2. The second-order valence-corrected chi connectivity index (χ2v) is 9.28. The van der Waals surface area contributed by atoms with Crippen LogP contribution in [0.1, 0.15) is 18.9 Å². The van der Waals surface area contributed by atoms with Crippen molar-refractivity contribution in [2.24, 2.45) is 0 Å². The summed E-state index contributed by atoms with van der Waals surface area (Å²) in [4.78, 5) is 28.8. The van der Waals surface area contributed by atoms with Crippen LogP contribution in [0.15, 0.2) is 59.8 Å². The normalized spacial score (nSPS) is 15.9. The molecular weight excluding hydrogens is 455 g/mol. The van der Waals surface area contributed by atoms with Gasteiger partial charge in [-0.05, 0) is 37.1 Å². The van der Waals surface area contributed by atoms with Gasteiger partial charge in [0.1, 0.15) is 5.82 Å². The van der Waals surface area contributed by atoms with E-state index in [-0.39, 0.29) is 29.6 Å². The highest BCUT2D eigenvalue weighted by Crippen LogP contribution is 2.41. The van der Waals surface area contributed by atoms with Crippen LogP contribution in [0.5, 0.6) is 0 Å². The van der Waals surface area contributed by atoms with Gasteiger partial charge in [0.15, 0.2) is 11.0 Å². The zero-order chi connectivity index (χ0) is 23.5. The van der Waals surface area contributed by atoms with Gasteiger partial charge in [0.05, 0.1) is 11.3 Å². The van der Waals surface area contributed by atoms with Gasteiger partial charge >= 0.3 is 6.03 Å². The summed E-state index contributed by atoms with van der Waals surface area (Å²) >= 11 is 1.33. The minimum Gasteiger partial charge on any atom is -0.338 e. The maximum atomic E-state index is 14.3. The molecule has 1 aromatic heterocycles. The monoisotopic (exact) mass is 480 g/mol. The van der Waals surface area contributed by atoms with Crippen molar-refractivity contribution in [2.75, 3.05) is 37.2 Å². The fourth-order valence-corrected chi connectivity index (χ4v) is 4.87. The highest BCUT2D eigenvalue weighted by atomic mass is 32.2. The maximum Gasteiger partial charge on any atom is 0.321 e. The van der Waals surface area contributed by atoms with Gasteiger partial charge in [-0.3, -0.25) is 9.36 Å². The number of amides is 3. The van der Waals surface area contributed by atoms with Crippen molar-refractivity contribution in [3.05, 3.63) is 60.4 Å². The molecule has 1 saturated carbocycles. The second kappa shape index (κ2) is 9.84. The highest BCUT2D eigenvalue weighted by Gasteiger charge is 2.31. The minimum absolute atomic E-state index is 0.00842. The van der Waals surface area contributed by atoms with E-state index in [1.807, 2.05) is 34.9 Å². The van der Waals surface area contributed by atoms with Crippen LogP contribution in [0.25, 0.3) is 11.4 Å². The Labute approximate surface area is 201 Å². The predicted octanol–water partition coefficient (Wildman–Crippen LogP) is 3.89. The lowest BCUT2D eigenvalue weighted by Gasteiger charge is -2.34. The quantitative estimate of drug-likeness (QED) is 0.542. The second-order valence-electron chi connectivity index (χ2n) is 8.34. The third-order valence-electron chi connectivity index (χ3n) is 5.96. The molecule has 2 fully saturated rings. The third kappa shape index (κ3) is 4.91. The number of anilines is 1. The van der Waals surface area contributed by atoms with Crippen molar-refractivity contribution < 1.29 is 14.0 Å². The number of carbonyl (C=O) groups is 2. The molecule has 2 heterocycles. The Hall–Kier alpha value is -3.40. The standard InChI is InChI=1S/C24H25FN6O2S/c25-20-9-5-4-8-19(20)22-27-28-24(31(22)18-10-11-18)34-16-21(32)29-12-14-30(15-13-29)23(33)26-17-6-2-1-3-7-17/h1-9,18H,10-16H2,(H,26,33). The Kier molecular flexibility index (Phi) is 6.48. The van der Waals surface area contributed by atoms with Gasteiger partial charge < -0.3 is 15.1 Å². The van der Waals surface area contributed by atoms with E-state index >= 15 is 0 Å². The summed E-state index contributed by atoms with van der Waals surface area (Å²) in [7, 11) is 0. The number of rotatable bonds is 6. The van der Waals surface area contributed by atoms with Crippen LogP contribution < -0.4 is 5.32 Å². The molecule has 1 saturated heterocycles. The summed E-state index contributed by atoms with van der Waals surface area (Å²) in [6.07, 6.45) is 1.99. The number of hydrogen-bond acceptors (Lipinski definition) is 5. The molecule has 10 heteroatoms. The number of urea groups is 1. The Balaban J connectivity index is 1.17. The van der Waals surface area contributed by atoms with E-state index in [1.165, 1.54) is 17.8 Å². The van der Waals surface area contributed by atoms with Crippen molar-refractivity contribution in [3.8, 4) is 11.4 Å². The van der Waals surface area contributed by atoms with E-state index in [9.17, 15) is 14.0 Å². The number of halogens is 1. The number of aromatic nitrogens is 3. The maximum absolute atomic E-state index is 14.3. The molecule has 2 aromatic carbocycles. The van der Waals surface area contributed by atoms with Gasteiger partial charge in [0, 0.05) is 37.9 Å². The van der Waals surface area contributed by atoms with Crippen LogP contribution in [0.3, 0.4) is 0 Å². The molecule has 176 valence electrons.